The standard InChI is InChI=1S/C37H50N6O10S/c1-9-22-18-37(22,34(47)42-54(49,50)25-11-12-25)41-30(44)27-17-24(53-31-26-13-10-23(51-7)16-21(26)14-15-38-31)19-43(27)32(45)29(36(4,5)6)40-35(48)39-28(20(2)3)33(46)52-8/h9-10,13-16,20,22,24-25,27-29H,1,11-12,17-19H2,2-8H3,(H,41,44)(H,42,47)(H2,39,40,48)/t22-,24-,27+,28?,29?,37-/m1/s1. The molecule has 17 heteroatoms. The minimum atomic E-state index is -3.93. The molecule has 2 aliphatic carbocycles. The van der Waals surface area contributed by atoms with E-state index in [1.807, 2.05) is 6.07 Å². The van der Waals surface area contributed by atoms with Gasteiger partial charge in [-0.3, -0.25) is 19.1 Å². The van der Waals surface area contributed by atoms with E-state index < -0.39 is 86.1 Å². The van der Waals surface area contributed by atoms with Crippen LogP contribution in [0.2, 0.25) is 0 Å². The predicted octanol–water partition coefficient (Wildman–Crippen LogP) is 2.17. The lowest BCUT2D eigenvalue weighted by molar-refractivity contribution is -0.144. The number of benzene rings is 1. The molecular weight excluding hydrogens is 721 g/mol. The highest BCUT2D eigenvalue weighted by molar-refractivity contribution is 7.91. The van der Waals surface area contributed by atoms with Crippen LogP contribution in [-0.4, -0.2) is 104 Å². The van der Waals surface area contributed by atoms with Crippen molar-refractivity contribution >= 4 is 50.5 Å². The maximum Gasteiger partial charge on any atom is 0.328 e. The summed E-state index contributed by atoms with van der Waals surface area (Å²) in [6.07, 6.45) is 3.24. The van der Waals surface area contributed by atoms with Crippen LogP contribution in [0.3, 0.4) is 0 Å². The fourth-order valence-electron chi connectivity index (χ4n) is 6.65. The summed E-state index contributed by atoms with van der Waals surface area (Å²) in [5.41, 5.74) is -2.49. The Balaban J connectivity index is 1.44. The van der Waals surface area contributed by atoms with E-state index in [2.05, 4.69) is 32.2 Å². The van der Waals surface area contributed by atoms with E-state index in [1.54, 1.807) is 66.1 Å². The highest BCUT2D eigenvalue weighted by atomic mass is 32.2. The Morgan fingerprint density at radius 1 is 1.07 bits per heavy atom. The van der Waals surface area contributed by atoms with Gasteiger partial charge >= 0.3 is 12.0 Å². The van der Waals surface area contributed by atoms with Crippen LogP contribution in [0.25, 0.3) is 10.8 Å². The van der Waals surface area contributed by atoms with E-state index in [0.29, 0.717) is 24.0 Å². The zero-order chi connectivity index (χ0) is 39.7. The minimum Gasteiger partial charge on any atom is -0.497 e. The largest absolute Gasteiger partial charge is 0.497 e. The maximum atomic E-state index is 14.6. The Labute approximate surface area is 315 Å². The van der Waals surface area contributed by atoms with E-state index in [4.69, 9.17) is 14.2 Å². The van der Waals surface area contributed by atoms with Crippen molar-refractivity contribution in [2.24, 2.45) is 17.3 Å². The second-order valence-electron chi connectivity index (χ2n) is 15.5. The second kappa shape index (κ2) is 15.4. The van der Waals surface area contributed by atoms with E-state index >= 15 is 0 Å². The summed E-state index contributed by atoms with van der Waals surface area (Å²) in [6.45, 7) is 12.3. The molecule has 0 spiro atoms. The second-order valence-corrected chi connectivity index (χ2v) is 17.5. The molecule has 3 aliphatic rings. The quantitative estimate of drug-likeness (QED) is 0.162. The van der Waals surface area contributed by atoms with Gasteiger partial charge in [0.15, 0.2) is 0 Å². The smallest absolute Gasteiger partial charge is 0.328 e. The van der Waals surface area contributed by atoms with Crippen LogP contribution in [0.15, 0.2) is 43.1 Å². The van der Waals surface area contributed by atoms with Crippen molar-refractivity contribution in [2.45, 2.75) is 95.3 Å². The predicted molar refractivity (Wildman–Crippen MR) is 198 cm³/mol. The summed E-state index contributed by atoms with van der Waals surface area (Å²) in [5.74, 6) is -2.85. The Morgan fingerprint density at radius 2 is 1.78 bits per heavy atom. The van der Waals surface area contributed by atoms with Gasteiger partial charge in [0.2, 0.25) is 27.7 Å². The first-order valence-corrected chi connectivity index (χ1v) is 19.4. The van der Waals surface area contributed by atoms with Crippen molar-refractivity contribution in [3.63, 3.8) is 0 Å². The van der Waals surface area contributed by atoms with Gasteiger partial charge in [-0.2, -0.15) is 0 Å². The zero-order valence-corrected chi connectivity index (χ0v) is 32.4. The molecule has 1 aromatic carbocycles. The highest BCUT2D eigenvalue weighted by Gasteiger charge is 2.62. The molecule has 2 saturated carbocycles. The number of hydrogen-bond acceptors (Lipinski definition) is 11. The third-order valence-electron chi connectivity index (χ3n) is 10.1. The average Bonchev–Trinajstić information content (AvgIpc) is 4.05. The lowest BCUT2D eigenvalue weighted by Crippen LogP contribution is -2.61. The van der Waals surface area contributed by atoms with E-state index in [-0.39, 0.29) is 31.2 Å². The number of pyridine rings is 1. The number of fused-ring (bicyclic) bond motifs is 1. The Bertz CT molecular complexity index is 1930. The number of nitrogens with zero attached hydrogens (tertiary/aromatic N) is 2. The third kappa shape index (κ3) is 8.55. The third-order valence-corrected chi connectivity index (χ3v) is 11.9. The summed E-state index contributed by atoms with van der Waals surface area (Å²) in [7, 11) is -1.16. The summed E-state index contributed by atoms with van der Waals surface area (Å²) in [5, 5.41) is 8.84. The van der Waals surface area contributed by atoms with Gasteiger partial charge in [-0.1, -0.05) is 40.7 Å². The van der Waals surface area contributed by atoms with Crippen molar-refractivity contribution in [3.8, 4) is 11.6 Å². The number of hydrogen-bond donors (Lipinski definition) is 4. The van der Waals surface area contributed by atoms with Crippen molar-refractivity contribution in [2.75, 3.05) is 20.8 Å². The Kier molecular flexibility index (Phi) is 11.5. The Hall–Kier alpha value is -4.93. The molecule has 5 amide bonds. The lowest BCUT2D eigenvalue weighted by Gasteiger charge is -2.36. The molecule has 6 atom stereocenters. The molecule has 0 radical (unpaired) electrons. The van der Waals surface area contributed by atoms with Crippen molar-refractivity contribution in [1.82, 2.24) is 30.6 Å². The highest BCUT2D eigenvalue weighted by Crippen LogP contribution is 2.45. The number of urea groups is 1. The van der Waals surface area contributed by atoms with Crippen LogP contribution in [0, 0.1) is 17.3 Å². The number of amides is 5. The van der Waals surface area contributed by atoms with Crippen LogP contribution < -0.4 is 30.1 Å². The van der Waals surface area contributed by atoms with Crippen LogP contribution in [0.4, 0.5) is 4.79 Å². The minimum absolute atomic E-state index is 0.0244. The van der Waals surface area contributed by atoms with Crippen LogP contribution >= 0.6 is 0 Å². The maximum absolute atomic E-state index is 14.6. The first kappa shape index (κ1) is 40.3. The van der Waals surface area contributed by atoms with Crippen molar-refractivity contribution < 1.29 is 46.6 Å². The fraction of sp³-hybridized carbons (Fsp3) is 0.568. The monoisotopic (exact) mass is 770 g/mol. The van der Waals surface area contributed by atoms with E-state index in [9.17, 15) is 32.4 Å². The molecule has 2 unspecified atom stereocenters. The summed E-state index contributed by atoms with van der Waals surface area (Å²) in [6, 6.07) is 2.95. The molecule has 5 rings (SSSR count). The van der Waals surface area contributed by atoms with Gasteiger partial charge in [0, 0.05) is 23.9 Å². The number of carbonyl (C=O) groups is 5. The van der Waals surface area contributed by atoms with E-state index in [1.165, 1.54) is 18.1 Å². The average molecular weight is 771 g/mol. The van der Waals surface area contributed by atoms with Crippen LogP contribution in [-0.2, 0) is 33.9 Å². The SMILES string of the molecule is C=C[C@@H]1C[C@]1(NC(=O)[C@@H]1C[C@@H](Oc2nccc3cc(OC)ccc23)CN1C(=O)C(NC(=O)NC(C(=O)OC)C(C)C)C(C)(C)C)C(=O)NS(=O)(=O)C1CC1. The molecule has 4 N–H and O–H groups in total. The number of aromatic nitrogens is 1. The first-order valence-electron chi connectivity index (χ1n) is 17.9. The van der Waals surface area contributed by atoms with Gasteiger partial charge in [0.1, 0.15) is 35.5 Å². The van der Waals surface area contributed by atoms with Crippen molar-refractivity contribution in [3.05, 3.63) is 43.1 Å². The van der Waals surface area contributed by atoms with E-state index in [0.717, 1.165) is 5.39 Å². The number of sulfonamides is 1. The molecule has 1 aromatic heterocycles. The molecule has 16 nitrogen and oxygen atoms in total. The summed E-state index contributed by atoms with van der Waals surface area (Å²) < 4.78 is 44.1. The molecular formula is C37H50N6O10S. The number of carbonyl (C=O) groups excluding carboxylic acids is 5. The molecule has 0 bridgehead atoms. The van der Waals surface area contributed by atoms with Gasteiger partial charge in [-0.05, 0) is 60.2 Å². The number of nitrogens with one attached hydrogen (secondary N) is 4. The van der Waals surface area contributed by atoms with Gasteiger partial charge < -0.3 is 35.1 Å². The number of rotatable bonds is 14. The normalized spacial score (nSPS) is 23.5. The van der Waals surface area contributed by atoms with Crippen LogP contribution in [0.5, 0.6) is 11.6 Å². The molecule has 2 heterocycles. The molecule has 2 aromatic rings. The Morgan fingerprint density at radius 3 is 2.35 bits per heavy atom. The summed E-state index contributed by atoms with van der Waals surface area (Å²) in [4.78, 5) is 73.8. The summed E-state index contributed by atoms with van der Waals surface area (Å²) >= 11 is 0. The topological polar surface area (TPSA) is 211 Å². The van der Waals surface area contributed by atoms with Gasteiger partial charge in [-0.25, -0.2) is 23.0 Å². The number of methoxy groups -OCH3 is 2. The number of likely N-dealkylation sites (tertiary alicyclic amines) is 1. The first-order chi connectivity index (χ1) is 25.3. The number of esters is 1. The molecule has 294 valence electrons. The van der Waals surface area contributed by atoms with Crippen molar-refractivity contribution in [1.29, 1.82) is 0 Å². The molecule has 1 aliphatic heterocycles. The molecule has 1 saturated heterocycles. The fourth-order valence-corrected chi connectivity index (χ4v) is 8.02. The van der Waals surface area contributed by atoms with Crippen LogP contribution in [0.1, 0.15) is 60.3 Å². The lowest BCUT2D eigenvalue weighted by atomic mass is 9.85. The number of ether oxygens (including phenoxy) is 3. The zero-order valence-electron chi connectivity index (χ0n) is 31.6. The van der Waals surface area contributed by atoms with Gasteiger partial charge in [0.05, 0.1) is 26.0 Å². The molecule has 3 fully saturated rings. The van der Waals surface area contributed by atoms with Gasteiger partial charge in [-0.15, -0.1) is 6.58 Å². The molecule has 54 heavy (non-hydrogen) atoms. The van der Waals surface area contributed by atoms with Gasteiger partial charge in [0.25, 0.3) is 5.91 Å².